The molecule has 2 aromatic rings. The van der Waals surface area contributed by atoms with Crippen LogP contribution in [-0.2, 0) is 13.5 Å². The third-order valence-electron chi connectivity index (χ3n) is 4.45. The van der Waals surface area contributed by atoms with E-state index in [0.29, 0.717) is 5.69 Å². The van der Waals surface area contributed by atoms with Gasteiger partial charge in [0.2, 0.25) is 0 Å². The van der Waals surface area contributed by atoms with Gasteiger partial charge in [0.25, 0.3) is 0 Å². The van der Waals surface area contributed by atoms with Gasteiger partial charge >= 0.3 is 0 Å². The first-order chi connectivity index (χ1) is 10.2. The zero-order chi connectivity index (χ0) is 14.8. The predicted octanol–water partition coefficient (Wildman–Crippen LogP) is 2.37. The zero-order valence-corrected chi connectivity index (χ0v) is 12.7. The summed E-state index contributed by atoms with van der Waals surface area (Å²) in [5.74, 6) is 0. The molecule has 21 heavy (non-hydrogen) atoms. The SMILES string of the molecule is CN1CCN(CCc2cn(C)c3ccc(N=O)cc23)CC1. The van der Waals surface area contributed by atoms with E-state index in [2.05, 4.69) is 39.8 Å². The number of hydrogen-bond acceptors (Lipinski definition) is 4. The molecule has 2 heterocycles. The van der Waals surface area contributed by atoms with E-state index in [0.717, 1.165) is 50.0 Å². The van der Waals surface area contributed by atoms with Crippen molar-refractivity contribution in [2.24, 2.45) is 12.2 Å². The summed E-state index contributed by atoms with van der Waals surface area (Å²) in [5, 5.41) is 4.21. The van der Waals surface area contributed by atoms with Crippen LogP contribution in [0.5, 0.6) is 0 Å². The van der Waals surface area contributed by atoms with Crippen molar-refractivity contribution in [1.29, 1.82) is 0 Å². The van der Waals surface area contributed by atoms with Crippen molar-refractivity contribution in [2.75, 3.05) is 39.8 Å². The Hall–Kier alpha value is -1.72. The topological polar surface area (TPSA) is 40.8 Å². The number of piperazine rings is 1. The van der Waals surface area contributed by atoms with Crippen LogP contribution in [0.1, 0.15) is 5.56 Å². The van der Waals surface area contributed by atoms with Gasteiger partial charge in [-0.05, 0) is 42.4 Å². The van der Waals surface area contributed by atoms with Crippen molar-refractivity contribution in [1.82, 2.24) is 14.4 Å². The van der Waals surface area contributed by atoms with E-state index in [1.165, 1.54) is 5.56 Å². The normalized spacial score (nSPS) is 17.4. The molecule has 0 radical (unpaired) electrons. The van der Waals surface area contributed by atoms with Gasteiger partial charge in [0.1, 0.15) is 5.69 Å². The van der Waals surface area contributed by atoms with Gasteiger partial charge < -0.3 is 14.4 Å². The minimum absolute atomic E-state index is 0.509. The lowest BCUT2D eigenvalue weighted by Crippen LogP contribution is -2.45. The molecule has 5 heteroatoms. The average molecular weight is 286 g/mol. The van der Waals surface area contributed by atoms with Gasteiger partial charge in [0, 0.05) is 56.9 Å². The fourth-order valence-electron chi connectivity index (χ4n) is 3.07. The molecule has 5 nitrogen and oxygen atoms in total. The Labute approximate surface area is 125 Å². The van der Waals surface area contributed by atoms with E-state index in [1.807, 2.05) is 12.1 Å². The van der Waals surface area contributed by atoms with Crippen molar-refractivity contribution >= 4 is 16.6 Å². The van der Waals surface area contributed by atoms with E-state index in [-0.39, 0.29) is 0 Å². The van der Waals surface area contributed by atoms with Gasteiger partial charge in [-0.15, -0.1) is 4.91 Å². The molecular weight excluding hydrogens is 264 g/mol. The van der Waals surface area contributed by atoms with Crippen molar-refractivity contribution in [3.8, 4) is 0 Å². The van der Waals surface area contributed by atoms with Gasteiger partial charge in [-0.2, -0.15) is 0 Å². The lowest BCUT2D eigenvalue weighted by atomic mass is 10.1. The summed E-state index contributed by atoms with van der Waals surface area (Å²) in [7, 11) is 4.23. The number of aromatic nitrogens is 1. The highest BCUT2D eigenvalue weighted by atomic mass is 16.3. The van der Waals surface area contributed by atoms with Crippen LogP contribution in [0.3, 0.4) is 0 Å². The number of rotatable bonds is 4. The Morgan fingerprint density at radius 2 is 1.90 bits per heavy atom. The van der Waals surface area contributed by atoms with Gasteiger partial charge in [-0.3, -0.25) is 0 Å². The fraction of sp³-hybridized carbons (Fsp3) is 0.500. The van der Waals surface area contributed by atoms with Gasteiger partial charge in [-0.1, -0.05) is 0 Å². The van der Waals surface area contributed by atoms with Gasteiger partial charge in [-0.25, -0.2) is 0 Å². The Morgan fingerprint density at radius 1 is 1.14 bits per heavy atom. The largest absolute Gasteiger partial charge is 0.350 e. The molecule has 1 aliphatic rings. The Bertz CT molecular complexity index is 641. The van der Waals surface area contributed by atoms with Crippen LogP contribution in [0.25, 0.3) is 10.9 Å². The summed E-state index contributed by atoms with van der Waals surface area (Å²) in [6.45, 7) is 5.65. The highest BCUT2D eigenvalue weighted by Gasteiger charge is 2.14. The van der Waals surface area contributed by atoms with E-state index in [4.69, 9.17) is 0 Å². The van der Waals surface area contributed by atoms with E-state index >= 15 is 0 Å². The number of nitroso groups, excluding NO2 is 1. The highest BCUT2D eigenvalue weighted by molar-refractivity contribution is 5.86. The standard InChI is InChI=1S/C16H22N4O/c1-18-7-9-20(10-8-18)6-5-13-12-19(2)16-4-3-14(17-21)11-15(13)16/h3-4,11-12H,5-10H2,1-2H3. The second kappa shape index (κ2) is 5.95. The third-order valence-corrected chi connectivity index (χ3v) is 4.45. The summed E-state index contributed by atoms with van der Waals surface area (Å²) < 4.78 is 2.13. The maximum atomic E-state index is 10.7. The lowest BCUT2D eigenvalue weighted by Gasteiger charge is -2.32. The maximum absolute atomic E-state index is 10.7. The fourth-order valence-corrected chi connectivity index (χ4v) is 3.07. The molecule has 1 aromatic heterocycles. The van der Waals surface area contributed by atoms with Crippen LogP contribution in [0.2, 0.25) is 0 Å². The molecule has 112 valence electrons. The van der Waals surface area contributed by atoms with Crippen LogP contribution in [0, 0.1) is 4.91 Å². The molecule has 0 N–H and O–H groups in total. The Balaban J connectivity index is 1.75. The molecule has 3 rings (SSSR count). The Kier molecular flexibility index (Phi) is 4.03. The molecule has 0 aliphatic carbocycles. The third kappa shape index (κ3) is 2.99. The number of fused-ring (bicyclic) bond motifs is 1. The average Bonchev–Trinajstić information content (AvgIpc) is 2.82. The van der Waals surface area contributed by atoms with Crippen molar-refractivity contribution in [3.05, 3.63) is 34.9 Å². The van der Waals surface area contributed by atoms with E-state index < -0.39 is 0 Å². The number of benzene rings is 1. The van der Waals surface area contributed by atoms with Crippen LogP contribution in [0.4, 0.5) is 5.69 Å². The molecule has 0 amide bonds. The minimum Gasteiger partial charge on any atom is -0.350 e. The molecule has 0 spiro atoms. The number of hydrogen-bond donors (Lipinski definition) is 0. The van der Waals surface area contributed by atoms with Gasteiger partial charge in [0.15, 0.2) is 0 Å². The molecular formula is C16H22N4O. The minimum atomic E-state index is 0.509. The molecule has 1 saturated heterocycles. The van der Waals surface area contributed by atoms with E-state index in [1.54, 1.807) is 6.07 Å². The summed E-state index contributed by atoms with van der Waals surface area (Å²) in [6, 6.07) is 5.66. The predicted molar refractivity (Wildman–Crippen MR) is 86.0 cm³/mol. The molecule has 0 bridgehead atoms. The molecule has 0 saturated carbocycles. The van der Waals surface area contributed by atoms with Crippen LogP contribution in [-0.4, -0.2) is 54.1 Å². The van der Waals surface area contributed by atoms with Crippen molar-refractivity contribution in [3.63, 3.8) is 0 Å². The monoisotopic (exact) mass is 286 g/mol. The first kappa shape index (κ1) is 14.2. The van der Waals surface area contributed by atoms with Crippen LogP contribution in [0.15, 0.2) is 29.6 Å². The van der Waals surface area contributed by atoms with E-state index in [9.17, 15) is 4.91 Å². The molecule has 1 fully saturated rings. The quantitative estimate of drug-likeness (QED) is 0.810. The highest BCUT2D eigenvalue weighted by Crippen LogP contribution is 2.26. The molecule has 0 atom stereocenters. The number of aryl methyl sites for hydroxylation is 1. The Morgan fingerprint density at radius 3 is 2.62 bits per heavy atom. The molecule has 1 aliphatic heterocycles. The first-order valence-corrected chi connectivity index (χ1v) is 7.49. The molecule has 0 unspecified atom stereocenters. The summed E-state index contributed by atoms with van der Waals surface area (Å²) in [4.78, 5) is 15.6. The summed E-state index contributed by atoms with van der Waals surface area (Å²) in [6.07, 6.45) is 3.19. The smallest absolute Gasteiger partial charge is 0.108 e. The summed E-state index contributed by atoms with van der Waals surface area (Å²) in [5.41, 5.74) is 2.97. The van der Waals surface area contributed by atoms with Gasteiger partial charge in [0.05, 0.1) is 0 Å². The zero-order valence-electron chi connectivity index (χ0n) is 12.7. The molecule has 1 aromatic carbocycles. The second-order valence-electron chi connectivity index (χ2n) is 5.95. The lowest BCUT2D eigenvalue weighted by molar-refractivity contribution is 0.155. The van der Waals surface area contributed by atoms with Crippen LogP contribution < -0.4 is 0 Å². The number of nitrogens with zero attached hydrogens (tertiary/aromatic N) is 4. The first-order valence-electron chi connectivity index (χ1n) is 7.49. The van der Waals surface area contributed by atoms with Crippen LogP contribution >= 0.6 is 0 Å². The summed E-state index contributed by atoms with van der Waals surface area (Å²) >= 11 is 0. The maximum Gasteiger partial charge on any atom is 0.108 e. The van der Waals surface area contributed by atoms with Crippen molar-refractivity contribution < 1.29 is 0 Å². The van der Waals surface area contributed by atoms with Crippen molar-refractivity contribution in [2.45, 2.75) is 6.42 Å². The number of likely N-dealkylation sites (N-methyl/N-ethyl adjacent to an activating group) is 1. The second-order valence-corrected chi connectivity index (χ2v) is 5.95.